The number of nitrogens with zero attached hydrogens (tertiary/aromatic N) is 1. The van der Waals surface area contributed by atoms with E-state index in [1.807, 2.05) is 31.2 Å². The van der Waals surface area contributed by atoms with Gasteiger partial charge in [0.15, 0.2) is 11.1 Å². The van der Waals surface area contributed by atoms with E-state index in [2.05, 4.69) is 4.99 Å². The van der Waals surface area contributed by atoms with E-state index in [-0.39, 0.29) is 11.6 Å². The molecule has 0 fully saturated rings. The summed E-state index contributed by atoms with van der Waals surface area (Å²) in [5.41, 5.74) is 4.19. The Bertz CT molecular complexity index is 908. The zero-order chi connectivity index (χ0) is 20.0. The van der Waals surface area contributed by atoms with Crippen LogP contribution in [0.2, 0.25) is 0 Å². The molecule has 1 atom stereocenters. The van der Waals surface area contributed by atoms with Crippen LogP contribution < -0.4 is 5.73 Å². The Kier molecular flexibility index (Phi) is 4.49. The Morgan fingerprint density at radius 2 is 1.74 bits per heavy atom. The lowest BCUT2D eigenvalue weighted by atomic mass is 9.76. The summed E-state index contributed by atoms with van der Waals surface area (Å²) in [5, 5.41) is 0. The van der Waals surface area contributed by atoms with Crippen molar-refractivity contribution in [3.05, 3.63) is 70.5 Å². The van der Waals surface area contributed by atoms with Gasteiger partial charge in [-0.25, -0.2) is 9.38 Å². The Morgan fingerprint density at radius 1 is 1.07 bits per heavy atom. The first-order valence-corrected chi connectivity index (χ1v) is 8.73. The first-order valence-electron chi connectivity index (χ1n) is 8.73. The molecule has 2 N–H and O–H groups in total. The van der Waals surface area contributed by atoms with Crippen molar-refractivity contribution in [3.63, 3.8) is 0 Å². The van der Waals surface area contributed by atoms with Gasteiger partial charge in [-0.3, -0.25) is 0 Å². The van der Waals surface area contributed by atoms with Crippen molar-refractivity contribution in [2.75, 3.05) is 0 Å². The van der Waals surface area contributed by atoms with E-state index in [0.717, 1.165) is 16.7 Å². The van der Waals surface area contributed by atoms with Gasteiger partial charge in [-0.05, 0) is 62.9 Å². The molecule has 0 unspecified atom stereocenters. The third-order valence-electron chi connectivity index (χ3n) is 5.27. The van der Waals surface area contributed by atoms with E-state index < -0.39 is 22.9 Å². The maximum atomic E-state index is 15.2. The van der Waals surface area contributed by atoms with Crippen molar-refractivity contribution >= 4 is 6.02 Å². The van der Waals surface area contributed by atoms with Crippen molar-refractivity contribution in [2.24, 2.45) is 10.7 Å². The fourth-order valence-electron chi connectivity index (χ4n) is 3.54. The van der Waals surface area contributed by atoms with Crippen LogP contribution >= 0.6 is 0 Å². The molecule has 2 aromatic rings. The second-order valence-corrected chi connectivity index (χ2v) is 7.63. The molecule has 6 heteroatoms. The van der Waals surface area contributed by atoms with Crippen LogP contribution in [0, 0.1) is 12.7 Å². The van der Waals surface area contributed by atoms with Crippen LogP contribution in [0.3, 0.4) is 0 Å². The second kappa shape index (κ2) is 6.29. The van der Waals surface area contributed by atoms with Crippen LogP contribution in [0.4, 0.5) is 13.2 Å². The van der Waals surface area contributed by atoms with Crippen LogP contribution in [-0.2, 0) is 16.7 Å². The number of nitrogens with two attached hydrogens (primary N) is 1. The molecule has 0 aliphatic carbocycles. The van der Waals surface area contributed by atoms with Crippen LogP contribution in [0.1, 0.15) is 43.0 Å². The van der Waals surface area contributed by atoms with E-state index in [9.17, 15) is 4.39 Å². The highest BCUT2D eigenvalue weighted by Crippen LogP contribution is 2.51. The lowest BCUT2D eigenvalue weighted by Gasteiger charge is -2.46. The molecular weight excluding hydrogens is 353 g/mol. The van der Waals surface area contributed by atoms with Gasteiger partial charge in [-0.15, -0.1) is 0 Å². The first-order chi connectivity index (χ1) is 12.5. The SMILES string of the molecule is Cc1ccccc1Cc1ccc(F)c([C@@]2(C)N=C(N)OC(C)(C)C2(F)F)c1. The van der Waals surface area contributed by atoms with Gasteiger partial charge in [-0.1, -0.05) is 30.3 Å². The van der Waals surface area contributed by atoms with Gasteiger partial charge in [0.05, 0.1) is 0 Å². The average molecular weight is 376 g/mol. The summed E-state index contributed by atoms with van der Waals surface area (Å²) in [5.74, 6) is -4.23. The van der Waals surface area contributed by atoms with Gasteiger partial charge < -0.3 is 10.5 Å². The fraction of sp³-hybridized carbons (Fsp3) is 0.381. The topological polar surface area (TPSA) is 47.6 Å². The average Bonchev–Trinajstić information content (AvgIpc) is 2.56. The zero-order valence-corrected chi connectivity index (χ0v) is 15.8. The molecule has 0 saturated carbocycles. The van der Waals surface area contributed by atoms with E-state index in [1.165, 1.54) is 32.9 Å². The van der Waals surface area contributed by atoms with Crippen molar-refractivity contribution in [1.82, 2.24) is 0 Å². The van der Waals surface area contributed by atoms with Gasteiger partial charge in [0, 0.05) is 5.56 Å². The number of aryl methyl sites for hydroxylation is 1. The zero-order valence-electron chi connectivity index (χ0n) is 15.8. The standard InChI is InChI=1S/C21H23F3N2O/c1-13-7-5-6-8-15(13)11-14-9-10-17(22)16(12-14)20(4)21(23,24)19(2,3)27-18(25)26-20/h5-10,12H,11H2,1-4H3,(H2,25,26)/t20-/m1/s1. The highest BCUT2D eigenvalue weighted by Gasteiger charge is 2.66. The monoisotopic (exact) mass is 376 g/mol. The quantitative estimate of drug-likeness (QED) is 0.844. The minimum atomic E-state index is -3.48. The summed E-state index contributed by atoms with van der Waals surface area (Å²) in [7, 11) is 0. The van der Waals surface area contributed by atoms with Crippen LogP contribution in [-0.4, -0.2) is 17.5 Å². The summed E-state index contributed by atoms with van der Waals surface area (Å²) >= 11 is 0. The summed E-state index contributed by atoms with van der Waals surface area (Å²) in [6.45, 7) is 5.62. The number of amidine groups is 1. The molecule has 1 heterocycles. The third kappa shape index (κ3) is 3.07. The van der Waals surface area contributed by atoms with Crippen molar-refractivity contribution in [1.29, 1.82) is 0 Å². The third-order valence-corrected chi connectivity index (χ3v) is 5.27. The van der Waals surface area contributed by atoms with Crippen molar-refractivity contribution < 1.29 is 17.9 Å². The fourth-order valence-corrected chi connectivity index (χ4v) is 3.54. The molecule has 0 aromatic heterocycles. The number of alkyl halides is 2. The summed E-state index contributed by atoms with van der Waals surface area (Å²) in [6, 6.07) is 11.7. The molecule has 0 radical (unpaired) electrons. The number of rotatable bonds is 3. The number of hydrogen-bond acceptors (Lipinski definition) is 3. The lowest BCUT2D eigenvalue weighted by Crippen LogP contribution is -2.62. The minimum absolute atomic E-state index is 0.196. The number of aliphatic imine (C=N–C) groups is 1. The van der Waals surface area contributed by atoms with Crippen LogP contribution in [0.25, 0.3) is 0 Å². The molecule has 0 amide bonds. The summed E-state index contributed by atoms with van der Waals surface area (Å²) < 4.78 is 50.2. The summed E-state index contributed by atoms with van der Waals surface area (Å²) in [4.78, 5) is 3.84. The molecule has 1 aliphatic heterocycles. The van der Waals surface area contributed by atoms with Gasteiger partial charge in [0.25, 0.3) is 6.02 Å². The van der Waals surface area contributed by atoms with Gasteiger partial charge in [-0.2, -0.15) is 8.78 Å². The molecule has 3 nitrogen and oxygen atoms in total. The predicted molar refractivity (Wildman–Crippen MR) is 99.5 cm³/mol. The maximum Gasteiger partial charge on any atom is 0.315 e. The highest BCUT2D eigenvalue weighted by atomic mass is 19.3. The molecule has 2 aromatic carbocycles. The van der Waals surface area contributed by atoms with Crippen molar-refractivity contribution in [2.45, 2.75) is 51.2 Å². The molecule has 3 rings (SSSR count). The maximum absolute atomic E-state index is 15.2. The number of hydrogen-bond donors (Lipinski definition) is 1. The largest absolute Gasteiger partial charge is 0.453 e. The minimum Gasteiger partial charge on any atom is -0.453 e. The van der Waals surface area contributed by atoms with E-state index in [0.29, 0.717) is 6.42 Å². The summed E-state index contributed by atoms with van der Waals surface area (Å²) in [6.07, 6.45) is 0.501. The Labute approximate surface area is 157 Å². The number of halogens is 3. The highest BCUT2D eigenvalue weighted by molar-refractivity contribution is 5.74. The Hall–Kier alpha value is -2.50. The second-order valence-electron chi connectivity index (χ2n) is 7.63. The Morgan fingerprint density at radius 3 is 2.41 bits per heavy atom. The predicted octanol–water partition coefficient (Wildman–Crippen LogP) is 4.70. The molecular formula is C21H23F3N2O. The molecule has 0 spiro atoms. The molecule has 1 aliphatic rings. The first kappa shape index (κ1) is 19.3. The van der Waals surface area contributed by atoms with Gasteiger partial charge in [0.2, 0.25) is 0 Å². The lowest BCUT2D eigenvalue weighted by molar-refractivity contribution is -0.207. The molecule has 0 saturated heterocycles. The molecule has 0 bridgehead atoms. The van der Waals surface area contributed by atoms with Gasteiger partial charge >= 0.3 is 5.92 Å². The van der Waals surface area contributed by atoms with Crippen LogP contribution in [0.5, 0.6) is 0 Å². The Balaban J connectivity index is 2.11. The number of benzene rings is 2. The van der Waals surface area contributed by atoms with Crippen LogP contribution in [0.15, 0.2) is 47.5 Å². The van der Waals surface area contributed by atoms with Gasteiger partial charge in [0.1, 0.15) is 5.82 Å². The smallest absolute Gasteiger partial charge is 0.315 e. The normalized spacial score (nSPS) is 23.4. The van der Waals surface area contributed by atoms with E-state index >= 15 is 8.78 Å². The number of ether oxygens (including phenoxy) is 1. The van der Waals surface area contributed by atoms with E-state index in [4.69, 9.17) is 10.5 Å². The molecule has 27 heavy (non-hydrogen) atoms. The van der Waals surface area contributed by atoms with Crippen molar-refractivity contribution in [3.8, 4) is 0 Å². The molecule has 144 valence electrons. The van der Waals surface area contributed by atoms with E-state index in [1.54, 1.807) is 6.07 Å².